The molecule has 192 valence electrons. The van der Waals surface area contributed by atoms with Gasteiger partial charge in [0.25, 0.3) is 24.1 Å². The summed E-state index contributed by atoms with van der Waals surface area (Å²) in [6.07, 6.45) is 11.6. The minimum Gasteiger partial charge on any atom is -0.466 e. The Bertz CT molecular complexity index is 1050. The first-order chi connectivity index (χ1) is 17.1. The Kier molecular flexibility index (Phi) is 6.04. The monoisotopic (exact) mass is 490 g/mol. The molecule has 0 bridgehead atoms. The van der Waals surface area contributed by atoms with Crippen molar-refractivity contribution in [3.8, 4) is 0 Å². The van der Waals surface area contributed by atoms with Gasteiger partial charge in [-0.25, -0.2) is 0 Å². The van der Waals surface area contributed by atoms with Crippen LogP contribution in [0.5, 0.6) is 0 Å². The lowest BCUT2D eigenvalue weighted by Gasteiger charge is -2.67. The molecule has 10 atom stereocenters. The van der Waals surface area contributed by atoms with Crippen LogP contribution in [0.1, 0.15) is 82.7 Å². The van der Waals surface area contributed by atoms with Crippen molar-refractivity contribution in [2.75, 3.05) is 0 Å². The maximum Gasteiger partial charge on any atom is 0.260 e. The fourth-order valence-electron chi connectivity index (χ4n) is 10.0. The van der Waals surface area contributed by atoms with Gasteiger partial charge in [-0.2, -0.15) is 0 Å². The molecule has 1 aromatic rings. The highest BCUT2D eigenvalue weighted by Gasteiger charge is 2.74. The van der Waals surface area contributed by atoms with Crippen LogP contribution in [0.15, 0.2) is 28.2 Å². The van der Waals surface area contributed by atoms with E-state index < -0.39 is 0 Å². The van der Waals surface area contributed by atoms with Crippen molar-refractivity contribution in [3.05, 3.63) is 35.3 Å². The number of ether oxygens (including phenoxy) is 1. The summed E-state index contributed by atoms with van der Waals surface area (Å²) in [7, 11) is 8.18. The number of rotatable bonds is 4. The first kappa shape index (κ1) is 25.4. The van der Waals surface area contributed by atoms with Gasteiger partial charge in [-0.15, -0.1) is 0 Å². The summed E-state index contributed by atoms with van der Waals surface area (Å²) in [5, 5.41) is 0.101. The lowest BCUT2D eigenvalue weighted by molar-refractivity contribution is -0.199. The van der Waals surface area contributed by atoms with Crippen LogP contribution in [0.4, 0.5) is 0 Å². The second-order valence-corrected chi connectivity index (χ2v) is 13.3. The molecule has 4 fully saturated rings. The standard InChI is InChI=1S/C27H42B4O5/c1-15-4-5-19(32-15)18-13-16-12-17(34-29)6-8-24(16,2)23-20(35-30)14-25(3)26(9-7-21(33-26)36-31)10-11-27(25,28)22(18)23/h4-5,13,17-18,20-23H,6-12,14,28-31H2,1-3H3/t17-,18-,20+,21?,22+,23?,24-,25+,26?,27+/m0/s1. The summed E-state index contributed by atoms with van der Waals surface area (Å²) >= 11 is 0. The maximum absolute atomic E-state index is 6.84. The van der Waals surface area contributed by atoms with Crippen LogP contribution >= 0.6 is 0 Å². The lowest BCUT2D eigenvalue weighted by atomic mass is 9.34. The average Bonchev–Trinajstić information content (AvgIpc) is 3.56. The first-order valence-electron chi connectivity index (χ1n) is 14.2. The van der Waals surface area contributed by atoms with Gasteiger partial charge in [-0.1, -0.05) is 31.9 Å². The molecule has 5 aliphatic rings. The topological polar surface area (TPSA) is 50.1 Å². The van der Waals surface area contributed by atoms with Crippen LogP contribution in [-0.2, 0) is 18.7 Å². The van der Waals surface area contributed by atoms with E-state index in [1.807, 2.05) is 16.1 Å². The van der Waals surface area contributed by atoms with Gasteiger partial charge in [0.1, 0.15) is 25.7 Å². The number of aryl methyl sites for hydroxylation is 1. The number of allylic oxidation sites excluding steroid dienone is 1. The molecule has 0 N–H and O–H groups in total. The fraction of sp³-hybridized carbons (Fsp3) is 0.778. The van der Waals surface area contributed by atoms with E-state index in [1.165, 1.54) is 6.42 Å². The molecule has 0 radical (unpaired) electrons. The Morgan fingerprint density at radius 3 is 2.39 bits per heavy atom. The SMILES string of the molecule is BOC1CCC2(CC[C@@]3(B)[C@H]4C([C@H](OB)C[C@]23C)[C@@]2(C)CC[C@H](OB)CC2=C[C@H]4c2ccc(C)o2)O1. The van der Waals surface area contributed by atoms with E-state index in [-0.39, 0.29) is 40.1 Å². The Morgan fingerprint density at radius 1 is 0.944 bits per heavy atom. The molecule has 1 aliphatic heterocycles. The van der Waals surface area contributed by atoms with E-state index in [2.05, 4.69) is 46.8 Å². The Hall–Kier alpha value is -0.880. The van der Waals surface area contributed by atoms with Gasteiger partial charge in [0, 0.05) is 18.1 Å². The number of hydrogen-bond acceptors (Lipinski definition) is 5. The van der Waals surface area contributed by atoms with E-state index in [0.717, 1.165) is 56.5 Å². The number of furan rings is 1. The van der Waals surface area contributed by atoms with E-state index in [4.69, 9.17) is 23.1 Å². The van der Waals surface area contributed by atoms with Gasteiger partial charge in [0.15, 0.2) is 0 Å². The highest BCUT2D eigenvalue weighted by Crippen LogP contribution is 2.79. The Labute approximate surface area is 220 Å². The van der Waals surface area contributed by atoms with Crippen molar-refractivity contribution in [2.24, 2.45) is 22.7 Å². The van der Waals surface area contributed by atoms with Gasteiger partial charge < -0.3 is 23.1 Å². The first-order valence-corrected chi connectivity index (χ1v) is 14.2. The van der Waals surface area contributed by atoms with Gasteiger partial charge >= 0.3 is 0 Å². The number of hydrogen-bond donors (Lipinski definition) is 0. The van der Waals surface area contributed by atoms with Crippen LogP contribution in [0.25, 0.3) is 0 Å². The summed E-state index contributed by atoms with van der Waals surface area (Å²) in [6.45, 7) is 7.12. The van der Waals surface area contributed by atoms with Crippen molar-refractivity contribution < 1.29 is 23.1 Å². The second kappa shape index (κ2) is 8.56. The minimum absolute atomic E-state index is 0.000442. The second-order valence-electron chi connectivity index (χ2n) is 13.3. The molecule has 4 aliphatic carbocycles. The van der Waals surface area contributed by atoms with E-state index in [1.54, 1.807) is 13.6 Å². The normalized spacial score (nSPS) is 49.9. The van der Waals surface area contributed by atoms with Crippen molar-refractivity contribution in [3.63, 3.8) is 0 Å². The molecule has 0 aromatic carbocycles. The third-order valence-electron chi connectivity index (χ3n) is 12.2. The minimum atomic E-state index is -0.146. The molecule has 3 saturated carbocycles. The zero-order valence-electron chi connectivity index (χ0n) is 23.4. The molecule has 0 amide bonds. The van der Waals surface area contributed by atoms with Crippen molar-refractivity contribution in [1.29, 1.82) is 0 Å². The molecule has 5 nitrogen and oxygen atoms in total. The predicted molar refractivity (Wildman–Crippen MR) is 150 cm³/mol. The number of fused-ring (bicyclic) bond motifs is 6. The van der Waals surface area contributed by atoms with Crippen molar-refractivity contribution in [1.82, 2.24) is 0 Å². The summed E-state index contributed by atoms with van der Waals surface area (Å²) in [5.74, 6) is 3.19. The van der Waals surface area contributed by atoms with Gasteiger partial charge in [-0.3, -0.25) is 0 Å². The third kappa shape index (κ3) is 3.21. The molecule has 2 heterocycles. The van der Waals surface area contributed by atoms with Crippen molar-refractivity contribution >= 4 is 32.0 Å². The predicted octanol–water partition coefficient (Wildman–Crippen LogP) is 2.34. The molecule has 1 saturated heterocycles. The third-order valence-corrected chi connectivity index (χ3v) is 12.2. The highest BCUT2D eigenvalue weighted by molar-refractivity contribution is 6.17. The smallest absolute Gasteiger partial charge is 0.260 e. The largest absolute Gasteiger partial charge is 0.466 e. The van der Waals surface area contributed by atoms with Gasteiger partial charge in [0.2, 0.25) is 0 Å². The maximum atomic E-state index is 6.84. The quantitative estimate of drug-likeness (QED) is 0.480. The van der Waals surface area contributed by atoms with Gasteiger partial charge in [0.05, 0.1) is 5.60 Å². The van der Waals surface area contributed by atoms with Crippen LogP contribution in [0, 0.1) is 29.6 Å². The molecule has 1 aromatic heterocycles. The Balaban J connectivity index is 1.52. The molecule has 1 spiro atoms. The van der Waals surface area contributed by atoms with E-state index >= 15 is 0 Å². The zero-order valence-corrected chi connectivity index (χ0v) is 23.4. The van der Waals surface area contributed by atoms with E-state index in [0.29, 0.717) is 17.9 Å². The fourth-order valence-corrected chi connectivity index (χ4v) is 10.0. The van der Waals surface area contributed by atoms with Crippen LogP contribution in [0.3, 0.4) is 0 Å². The summed E-state index contributed by atoms with van der Waals surface area (Å²) in [6, 6.07) is 4.36. The van der Waals surface area contributed by atoms with E-state index in [9.17, 15) is 0 Å². The molecule has 36 heavy (non-hydrogen) atoms. The summed E-state index contributed by atoms with van der Waals surface area (Å²) in [4.78, 5) is 0. The summed E-state index contributed by atoms with van der Waals surface area (Å²) in [5.41, 5.74) is 1.52. The molecule has 6 rings (SSSR count). The highest BCUT2D eigenvalue weighted by atomic mass is 16.7. The molecular weight excluding hydrogens is 448 g/mol. The summed E-state index contributed by atoms with van der Waals surface area (Å²) < 4.78 is 31.4. The van der Waals surface area contributed by atoms with Crippen LogP contribution in [0.2, 0.25) is 5.31 Å². The molecular formula is C27H42B4O5. The lowest BCUT2D eigenvalue weighted by Crippen LogP contribution is -2.63. The van der Waals surface area contributed by atoms with Crippen molar-refractivity contribution in [2.45, 2.75) is 107 Å². The van der Waals surface area contributed by atoms with Crippen LogP contribution in [-0.4, -0.2) is 56.1 Å². The van der Waals surface area contributed by atoms with Crippen LogP contribution < -0.4 is 0 Å². The Morgan fingerprint density at radius 2 is 1.75 bits per heavy atom. The molecule has 3 unspecified atom stereocenters. The van der Waals surface area contributed by atoms with Gasteiger partial charge in [-0.05, 0) is 92.0 Å². The average molecular weight is 490 g/mol. The zero-order chi connectivity index (χ0) is 25.5. The molecule has 9 heteroatoms.